The maximum atomic E-state index is 11.3. The lowest BCUT2D eigenvalue weighted by Crippen LogP contribution is -1.93. The molecule has 0 bridgehead atoms. The van der Waals surface area contributed by atoms with Crippen molar-refractivity contribution in [2.24, 2.45) is 7.05 Å². The van der Waals surface area contributed by atoms with E-state index in [1.165, 1.54) is 11.8 Å². The summed E-state index contributed by atoms with van der Waals surface area (Å²) in [6.45, 7) is 0. The van der Waals surface area contributed by atoms with Crippen molar-refractivity contribution in [3.8, 4) is 5.75 Å². The molecule has 0 radical (unpaired) electrons. The minimum Gasteiger partial charge on any atom is -0.508 e. The molecule has 0 spiro atoms. The number of aryl methyl sites for hydroxylation is 1. The van der Waals surface area contributed by atoms with E-state index in [9.17, 15) is 9.90 Å². The van der Waals surface area contributed by atoms with Gasteiger partial charge in [-0.3, -0.25) is 9.48 Å². The lowest BCUT2D eigenvalue weighted by atomic mass is 10.2. The van der Waals surface area contributed by atoms with E-state index in [4.69, 9.17) is 0 Å². The Morgan fingerprint density at radius 3 is 2.89 bits per heavy atom. The predicted molar refractivity (Wildman–Crippen MR) is 72.8 cm³/mol. The maximum Gasteiger partial charge on any atom is 0.154 e. The van der Waals surface area contributed by atoms with Crippen molar-refractivity contribution < 1.29 is 9.90 Å². The Balaban J connectivity index is 1.98. The van der Waals surface area contributed by atoms with Crippen LogP contribution in [-0.4, -0.2) is 21.2 Å². The summed E-state index contributed by atoms with van der Waals surface area (Å²) in [5, 5.41) is 14.8. The van der Waals surface area contributed by atoms with Gasteiger partial charge in [-0.2, -0.15) is 5.10 Å². The van der Waals surface area contributed by atoms with E-state index in [1.807, 2.05) is 13.1 Å². The van der Waals surface area contributed by atoms with Crippen LogP contribution in [0, 0.1) is 0 Å². The first kappa shape index (κ1) is 12.3. The standard InChI is InChI=1S/C14H14N2O2S/c1-16-14(19-11-4-2-3-10(18)7-11)12(8-17)13(15-16)9-5-6-9/h2-4,7-9,18H,5-6H2,1H3. The van der Waals surface area contributed by atoms with Gasteiger partial charge in [0.05, 0.1) is 11.3 Å². The number of phenols is 1. The van der Waals surface area contributed by atoms with Crippen molar-refractivity contribution in [3.05, 3.63) is 35.5 Å². The highest BCUT2D eigenvalue weighted by Gasteiger charge is 2.31. The molecule has 2 aromatic rings. The summed E-state index contributed by atoms with van der Waals surface area (Å²) in [6, 6.07) is 7.01. The van der Waals surface area contributed by atoms with Gasteiger partial charge in [-0.15, -0.1) is 0 Å². The number of nitrogens with zero attached hydrogens (tertiary/aromatic N) is 2. The van der Waals surface area contributed by atoms with Crippen LogP contribution in [0.15, 0.2) is 34.2 Å². The van der Waals surface area contributed by atoms with E-state index in [1.54, 1.807) is 22.9 Å². The highest BCUT2D eigenvalue weighted by Crippen LogP contribution is 2.43. The number of hydrogen-bond donors (Lipinski definition) is 1. The van der Waals surface area contributed by atoms with Crippen LogP contribution in [0.5, 0.6) is 5.75 Å². The number of aromatic hydroxyl groups is 1. The van der Waals surface area contributed by atoms with Gasteiger partial charge in [-0.05, 0) is 31.0 Å². The van der Waals surface area contributed by atoms with Gasteiger partial charge >= 0.3 is 0 Å². The molecule has 0 amide bonds. The molecular formula is C14H14N2O2S. The molecule has 19 heavy (non-hydrogen) atoms. The largest absolute Gasteiger partial charge is 0.508 e. The highest BCUT2D eigenvalue weighted by molar-refractivity contribution is 7.99. The van der Waals surface area contributed by atoms with Gasteiger partial charge in [0.25, 0.3) is 0 Å². The number of benzene rings is 1. The molecule has 1 aromatic heterocycles. The topological polar surface area (TPSA) is 55.1 Å². The molecule has 1 saturated carbocycles. The zero-order chi connectivity index (χ0) is 13.4. The Morgan fingerprint density at radius 1 is 1.47 bits per heavy atom. The van der Waals surface area contributed by atoms with E-state index < -0.39 is 0 Å². The summed E-state index contributed by atoms with van der Waals surface area (Å²) in [4.78, 5) is 12.2. The Bertz CT molecular complexity index is 632. The van der Waals surface area contributed by atoms with Crippen molar-refractivity contribution >= 4 is 18.0 Å². The van der Waals surface area contributed by atoms with Crippen molar-refractivity contribution in [1.82, 2.24) is 9.78 Å². The highest BCUT2D eigenvalue weighted by atomic mass is 32.2. The first-order valence-corrected chi connectivity index (χ1v) is 6.99. The van der Waals surface area contributed by atoms with Crippen LogP contribution in [0.3, 0.4) is 0 Å². The molecule has 1 N–H and O–H groups in total. The summed E-state index contributed by atoms with van der Waals surface area (Å²) in [7, 11) is 1.85. The second kappa shape index (κ2) is 4.74. The summed E-state index contributed by atoms with van der Waals surface area (Å²) in [6.07, 6.45) is 3.13. The maximum absolute atomic E-state index is 11.3. The molecule has 0 aliphatic heterocycles. The summed E-state index contributed by atoms with van der Waals surface area (Å²) in [5.74, 6) is 0.673. The van der Waals surface area contributed by atoms with Crippen molar-refractivity contribution in [1.29, 1.82) is 0 Å². The number of carbonyl (C=O) groups is 1. The van der Waals surface area contributed by atoms with Crippen LogP contribution < -0.4 is 0 Å². The Morgan fingerprint density at radius 2 is 2.26 bits per heavy atom. The van der Waals surface area contributed by atoms with Crippen molar-refractivity contribution in [2.45, 2.75) is 28.7 Å². The molecule has 98 valence electrons. The average molecular weight is 274 g/mol. The Labute approximate surface area is 115 Å². The second-order valence-corrected chi connectivity index (χ2v) is 5.78. The fourth-order valence-corrected chi connectivity index (χ4v) is 3.08. The van der Waals surface area contributed by atoms with Crippen LogP contribution in [0.4, 0.5) is 0 Å². The molecule has 3 rings (SSSR count). The molecular weight excluding hydrogens is 260 g/mol. The Hall–Kier alpha value is -1.75. The Kier molecular flexibility index (Phi) is 3.06. The zero-order valence-electron chi connectivity index (χ0n) is 10.5. The van der Waals surface area contributed by atoms with Crippen LogP contribution >= 0.6 is 11.8 Å². The van der Waals surface area contributed by atoms with E-state index in [0.717, 1.165) is 34.7 Å². The minimum atomic E-state index is 0.224. The van der Waals surface area contributed by atoms with E-state index >= 15 is 0 Å². The number of hydrogen-bond acceptors (Lipinski definition) is 4. The average Bonchev–Trinajstić information content (AvgIpc) is 3.17. The molecule has 1 aliphatic carbocycles. The third-order valence-corrected chi connectivity index (χ3v) is 4.34. The van der Waals surface area contributed by atoms with E-state index in [0.29, 0.717) is 11.5 Å². The quantitative estimate of drug-likeness (QED) is 0.871. The van der Waals surface area contributed by atoms with Gasteiger partial charge in [0.2, 0.25) is 0 Å². The second-order valence-electron chi connectivity index (χ2n) is 4.72. The number of aromatic nitrogens is 2. The van der Waals surface area contributed by atoms with Gasteiger partial charge in [-0.1, -0.05) is 17.8 Å². The first-order chi connectivity index (χ1) is 9.19. The van der Waals surface area contributed by atoms with Gasteiger partial charge in [0, 0.05) is 17.9 Å². The molecule has 1 fully saturated rings. The van der Waals surface area contributed by atoms with Gasteiger partial charge in [-0.25, -0.2) is 0 Å². The van der Waals surface area contributed by atoms with Gasteiger partial charge in [0.15, 0.2) is 6.29 Å². The number of rotatable bonds is 4. The monoisotopic (exact) mass is 274 g/mol. The predicted octanol–water partition coefficient (Wildman–Crippen LogP) is 2.97. The lowest BCUT2D eigenvalue weighted by molar-refractivity contribution is 0.111. The lowest BCUT2D eigenvalue weighted by Gasteiger charge is -2.03. The van der Waals surface area contributed by atoms with Gasteiger partial charge < -0.3 is 5.11 Å². The van der Waals surface area contributed by atoms with Crippen LogP contribution in [0.25, 0.3) is 0 Å². The molecule has 4 nitrogen and oxygen atoms in total. The fraction of sp³-hybridized carbons (Fsp3) is 0.286. The molecule has 0 unspecified atom stereocenters. The van der Waals surface area contributed by atoms with E-state index in [2.05, 4.69) is 5.10 Å². The first-order valence-electron chi connectivity index (χ1n) is 6.18. The number of carbonyl (C=O) groups excluding carboxylic acids is 1. The summed E-state index contributed by atoms with van der Waals surface area (Å²) in [5.41, 5.74) is 1.61. The third-order valence-electron chi connectivity index (χ3n) is 3.17. The SMILES string of the molecule is Cn1nc(C2CC2)c(C=O)c1Sc1cccc(O)c1. The third kappa shape index (κ3) is 2.38. The van der Waals surface area contributed by atoms with Gasteiger partial charge in [0.1, 0.15) is 10.8 Å². The molecule has 1 heterocycles. The van der Waals surface area contributed by atoms with Crippen molar-refractivity contribution in [3.63, 3.8) is 0 Å². The number of phenolic OH excluding ortho intramolecular Hbond substituents is 1. The van der Waals surface area contributed by atoms with Crippen LogP contribution in [-0.2, 0) is 7.05 Å². The molecule has 1 aliphatic rings. The summed E-state index contributed by atoms with van der Waals surface area (Å²) < 4.78 is 1.76. The summed E-state index contributed by atoms with van der Waals surface area (Å²) >= 11 is 1.45. The molecule has 0 atom stereocenters. The van der Waals surface area contributed by atoms with Crippen LogP contribution in [0.1, 0.15) is 34.8 Å². The smallest absolute Gasteiger partial charge is 0.154 e. The molecule has 5 heteroatoms. The molecule has 1 aromatic carbocycles. The normalized spacial score (nSPS) is 14.6. The number of aldehydes is 1. The fourth-order valence-electron chi connectivity index (χ4n) is 2.09. The van der Waals surface area contributed by atoms with Crippen LogP contribution in [0.2, 0.25) is 0 Å². The van der Waals surface area contributed by atoms with E-state index in [-0.39, 0.29) is 5.75 Å². The van der Waals surface area contributed by atoms with Crippen molar-refractivity contribution in [2.75, 3.05) is 0 Å². The minimum absolute atomic E-state index is 0.224. The zero-order valence-corrected chi connectivity index (χ0v) is 11.4. The molecule has 0 saturated heterocycles.